The van der Waals surface area contributed by atoms with Crippen LogP contribution < -0.4 is 4.90 Å². The highest BCUT2D eigenvalue weighted by atomic mass is 15.2. The number of hydrogen-bond donors (Lipinski definition) is 1. The zero-order chi connectivity index (χ0) is 13.5. The van der Waals surface area contributed by atoms with Gasteiger partial charge in [-0.05, 0) is 19.8 Å². The van der Waals surface area contributed by atoms with Crippen LogP contribution in [0.5, 0.6) is 0 Å². The molecule has 1 aliphatic rings. The largest absolute Gasteiger partial charge is 0.354 e. The maximum Gasteiger partial charge on any atom is 0.180 e. The van der Waals surface area contributed by atoms with Gasteiger partial charge in [0.1, 0.15) is 0 Å². The standard InChI is InChI=1S/C14H16N6/c1-10-11(8-17-18-10)12-9-16-14-13(15-4-7-20(12)14)19-5-2-3-6-19/h4,7-9H,2-3,5-6H2,1H3,(H,17,18). The van der Waals surface area contributed by atoms with E-state index in [4.69, 9.17) is 0 Å². The van der Waals surface area contributed by atoms with E-state index in [-0.39, 0.29) is 0 Å². The second-order valence-electron chi connectivity index (χ2n) is 5.19. The number of rotatable bonds is 2. The van der Waals surface area contributed by atoms with Gasteiger partial charge in [-0.3, -0.25) is 9.50 Å². The summed E-state index contributed by atoms with van der Waals surface area (Å²) in [7, 11) is 0. The molecule has 20 heavy (non-hydrogen) atoms. The van der Waals surface area contributed by atoms with Crippen LogP contribution in [0.25, 0.3) is 16.9 Å². The molecule has 3 aromatic heterocycles. The summed E-state index contributed by atoms with van der Waals surface area (Å²) < 4.78 is 2.10. The Morgan fingerprint density at radius 1 is 1.15 bits per heavy atom. The topological polar surface area (TPSA) is 62.1 Å². The number of aromatic nitrogens is 5. The summed E-state index contributed by atoms with van der Waals surface area (Å²) in [6.45, 7) is 4.16. The molecular weight excluding hydrogens is 252 g/mol. The fourth-order valence-corrected chi connectivity index (χ4v) is 2.87. The minimum atomic E-state index is 0.921. The predicted molar refractivity (Wildman–Crippen MR) is 76.8 cm³/mol. The van der Waals surface area contributed by atoms with Crippen LogP contribution in [0.15, 0.2) is 24.8 Å². The molecule has 0 aromatic carbocycles. The van der Waals surface area contributed by atoms with Crippen LogP contribution in [0, 0.1) is 6.92 Å². The molecule has 102 valence electrons. The smallest absolute Gasteiger partial charge is 0.180 e. The van der Waals surface area contributed by atoms with Gasteiger partial charge >= 0.3 is 0 Å². The number of fused-ring (bicyclic) bond motifs is 1. The maximum atomic E-state index is 4.58. The molecule has 0 unspecified atom stereocenters. The molecule has 1 fully saturated rings. The van der Waals surface area contributed by atoms with E-state index in [1.54, 1.807) is 0 Å². The number of aryl methyl sites for hydroxylation is 1. The Balaban J connectivity index is 1.90. The van der Waals surface area contributed by atoms with Crippen LogP contribution in [-0.4, -0.2) is 37.7 Å². The van der Waals surface area contributed by atoms with Gasteiger partial charge in [-0.1, -0.05) is 0 Å². The normalized spacial score (nSPS) is 15.3. The van der Waals surface area contributed by atoms with Crippen LogP contribution in [-0.2, 0) is 0 Å². The average molecular weight is 268 g/mol. The molecule has 6 heteroatoms. The predicted octanol–water partition coefficient (Wildman–Crippen LogP) is 2.03. The van der Waals surface area contributed by atoms with Gasteiger partial charge in [0, 0.05) is 36.7 Å². The fraction of sp³-hybridized carbons (Fsp3) is 0.357. The van der Waals surface area contributed by atoms with E-state index >= 15 is 0 Å². The Morgan fingerprint density at radius 3 is 2.75 bits per heavy atom. The molecule has 3 aromatic rings. The van der Waals surface area contributed by atoms with E-state index in [1.165, 1.54) is 12.8 Å². The van der Waals surface area contributed by atoms with Crippen molar-refractivity contribution >= 4 is 11.5 Å². The van der Waals surface area contributed by atoms with Crippen molar-refractivity contribution in [3.63, 3.8) is 0 Å². The second-order valence-corrected chi connectivity index (χ2v) is 5.19. The van der Waals surface area contributed by atoms with Gasteiger partial charge in [0.25, 0.3) is 0 Å². The summed E-state index contributed by atoms with van der Waals surface area (Å²) in [5.41, 5.74) is 4.10. The minimum Gasteiger partial charge on any atom is -0.354 e. The lowest BCUT2D eigenvalue weighted by atomic mass is 10.2. The lowest BCUT2D eigenvalue weighted by Crippen LogP contribution is -2.19. The van der Waals surface area contributed by atoms with Gasteiger partial charge in [-0.2, -0.15) is 5.10 Å². The molecule has 1 aliphatic heterocycles. The minimum absolute atomic E-state index is 0.921. The lowest BCUT2D eigenvalue weighted by molar-refractivity contribution is 0.928. The molecule has 0 aliphatic carbocycles. The van der Waals surface area contributed by atoms with Crippen molar-refractivity contribution in [1.29, 1.82) is 0 Å². The Bertz CT molecular complexity index is 750. The van der Waals surface area contributed by atoms with E-state index in [1.807, 2.05) is 31.7 Å². The van der Waals surface area contributed by atoms with Crippen molar-refractivity contribution in [3.8, 4) is 11.3 Å². The Labute approximate surface area is 116 Å². The average Bonchev–Trinajstić information content (AvgIpc) is 3.17. The number of hydrogen-bond acceptors (Lipinski definition) is 4. The van der Waals surface area contributed by atoms with E-state index in [2.05, 4.69) is 29.5 Å². The van der Waals surface area contributed by atoms with Crippen LogP contribution in [0.1, 0.15) is 18.5 Å². The van der Waals surface area contributed by atoms with Crippen molar-refractivity contribution in [2.75, 3.05) is 18.0 Å². The summed E-state index contributed by atoms with van der Waals surface area (Å²) in [5, 5.41) is 7.07. The summed E-state index contributed by atoms with van der Waals surface area (Å²) in [6, 6.07) is 0. The van der Waals surface area contributed by atoms with Crippen molar-refractivity contribution < 1.29 is 0 Å². The number of aromatic amines is 1. The molecule has 0 radical (unpaired) electrons. The van der Waals surface area contributed by atoms with E-state index in [0.29, 0.717) is 0 Å². The van der Waals surface area contributed by atoms with Crippen LogP contribution in [0.4, 0.5) is 5.82 Å². The number of nitrogens with one attached hydrogen (secondary N) is 1. The summed E-state index contributed by atoms with van der Waals surface area (Å²) in [5.74, 6) is 0.984. The highest BCUT2D eigenvalue weighted by molar-refractivity contribution is 5.72. The number of anilines is 1. The Kier molecular flexibility index (Phi) is 2.48. The number of nitrogens with zero attached hydrogens (tertiary/aromatic N) is 5. The van der Waals surface area contributed by atoms with Crippen molar-refractivity contribution in [1.82, 2.24) is 24.6 Å². The van der Waals surface area contributed by atoms with Crippen molar-refractivity contribution in [2.24, 2.45) is 0 Å². The van der Waals surface area contributed by atoms with Crippen LogP contribution >= 0.6 is 0 Å². The summed E-state index contributed by atoms with van der Waals surface area (Å²) in [6.07, 6.45) is 10.0. The lowest BCUT2D eigenvalue weighted by Gasteiger charge is -2.16. The van der Waals surface area contributed by atoms with E-state index in [0.717, 1.165) is 41.5 Å². The van der Waals surface area contributed by atoms with Gasteiger partial charge in [0.05, 0.1) is 18.1 Å². The molecule has 0 amide bonds. The monoisotopic (exact) mass is 268 g/mol. The molecule has 0 atom stereocenters. The third kappa shape index (κ3) is 1.61. The molecule has 6 nitrogen and oxygen atoms in total. The first-order chi connectivity index (χ1) is 9.84. The van der Waals surface area contributed by atoms with Crippen LogP contribution in [0.2, 0.25) is 0 Å². The molecule has 4 rings (SSSR count). The maximum absolute atomic E-state index is 4.58. The molecule has 1 saturated heterocycles. The molecule has 0 bridgehead atoms. The van der Waals surface area contributed by atoms with Gasteiger partial charge in [-0.15, -0.1) is 0 Å². The van der Waals surface area contributed by atoms with E-state index in [9.17, 15) is 0 Å². The first kappa shape index (κ1) is 11.5. The molecular formula is C14H16N6. The quantitative estimate of drug-likeness (QED) is 0.772. The zero-order valence-corrected chi connectivity index (χ0v) is 11.4. The fourth-order valence-electron chi connectivity index (χ4n) is 2.87. The summed E-state index contributed by atoms with van der Waals surface area (Å²) >= 11 is 0. The zero-order valence-electron chi connectivity index (χ0n) is 11.4. The van der Waals surface area contributed by atoms with Crippen molar-refractivity contribution in [2.45, 2.75) is 19.8 Å². The second kappa shape index (κ2) is 4.33. The van der Waals surface area contributed by atoms with Gasteiger partial charge < -0.3 is 4.90 Å². The molecule has 0 spiro atoms. The molecule has 0 saturated carbocycles. The Hall–Kier alpha value is -2.37. The van der Waals surface area contributed by atoms with Crippen molar-refractivity contribution in [3.05, 3.63) is 30.5 Å². The Morgan fingerprint density at radius 2 is 2.00 bits per heavy atom. The highest BCUT2D eigenvalue weighted by Gasteiger charge is 2.19. The molecule has 4 heterocycles. The SMILES string of the molecule is Cc1[nH]ncc1-c1cnc2c(N3CCCC3)nccn12. The first-order valence-electron chi connectivity index (χ1n) is 6.92. The first-order valence-corrected chi connectivity index (χ1v) is 6.92. The highest BCUT2D eigenvalue weighted by Crippen LogP contribution is 2.27. The summed E-state index contributed by atoms with van der Waals surface area (Å²) in [4.78, 5) is 11.4. The van der Waals surface area contributed by atoms with Gasteiger partial charge in [0.2, 0.25) is 0 Å². The van der Waals surface area contributed by atoms with E-state index < -0.39 is 0 Å². The van der Waals surface area contributed by atoms with Gasteiger partial charge in [-0.25, -0.2) is 9.97 Å². The third-order valence-electron chi connectivity index (χ3n) is 3.92. The molecule has 1 N–H and O–H groups in total. The number of H-pyrrole nitrogens is 1. The van der Waals surface area contributed by atoms with Crippen LogP contribution in [0.3, 0.4) is 0 Å². The third-order valence-corrected chi connectivity index (χ3v) is 3.92. The van der Waals surface area contributed by atoms with Gasteiger partial charge in [0.15, 0.2) is 11.5 Å². The number of imidazole rings is 1.